The average Bonchev–Trinajstić information content (AvgIpc) is 2.99. The Morgan fingerprint density at radius 2 is 1.76 bits per heavy atom. The maximum absolute atomic E-state index is 11.7. The predicted octanol–water partition coefficient (Wildman–Crippen LogP) is 7.89. The van der Waals surface area contributed by atoms with Gasteiger partial charge in [0.1, 0.15) is 25.1 Å². The summed E-state index contributed by atoms with van der Waals surface area (Å²) in [6.45, 7) is 12.8. The number of hydrogen-bond donors (Lipinski definition) is 0. The quantitative estimate of drug-likeness (QED) is 0.0149. The number of ether oxygens (including phenoxy) is 5. The van der Waals surface area contributed by atoms with E-state index in [1.54, 1.807) is 12.5 Å². The lowest BCUT2D eigenvalue weighted by Crippen LogP contribution is -2.21. The maximum atomic E-state index is 11.7. The van der Waals surface area contributed by atoms with Gasteiger partial charge in [0.2, 0.25) is 0 Å². The van der Waals surface area contributed by atoms with Gasteiger partial charge in [-0.1, -0.05) is 63.5 Å². The highest BCUT2D eigenvalue weighted by atomic mass is 16.7. The number of aryl methyl sites for hydroxylation is 1. The fraction of sp³-hybridized carbons (Fsp3) is 0.600. The zero-order valence-electron chi connectivity index (χ0n) is 25.9. The third kappa shape index (κ3) is 15.9. The minimum absolute atomic E-state index is 0.165. The highest BCUT2D eigenvalue weighted by molar-refractivity contribution is 6.06. The van der Waals surface area contributed by atoms with E-state index in [0.29, 0.717) is 31.8 Å². The van der Waals surface area contributed by atoms with Crippen LogP contribution in [0.1, 0.15) is 90.0 Å². The number of hydrogen-bond acceptors (Lipinski definition) is 7. The summed E-state index contributed by atoms with van der Waals surface area (Å²) in [5.74, 6) is 1.08. The molecule has 1 aliphatic rings. The number of carbonyl (C=O) groups excluding carboxylic acids is 2. The third-order valence-electron chi connectivity index (χ3n) is 7.57. The predicted molar refractivity (Wildman–Crippen MR) is 166 cm³/mol. The van der Waals surface area contributed by atoms with Crippen molar-refractivity contribution in [3.8, 4) is 5.75 Å². The first-order valence-electron chi connectivity index (χ1n) is 15.6. The van der Waals surface area contributed by atoms with Crippen LogP contribution in [0.15, 0.2) is 61.1 Å². The molecule has 0 heterocycles. The number of unbranched alkanes of at least 4 members (excludes halogenated alkanes) is 2. The van der Waals surface area contributed by atoms with E-state index in [-0.39, 0.29) is 31.0 Å². The Bertz CT molecular complexity index is 945. The lowest BCUT2D eigenvalue weighted by Gasteiger charge is -2.28. The highest BCUT2D eigenvalue weighted by Crippen LogP contribution is 2.31. The summed E-state index contributed by atoms with van der Waals surface area (Å²) >= 11 is 0. The van der Waals surface area contributed by atoms with Crippen LogP contribution in [0.5, 0.6) is 5.75 Å². The van der Waals surface area contributed by atoms with E-state index >= 15 is 0 Å². The molecule has 0 aliphatic heterocycles. The van der Waals surface area contributed by atoms with Gasteiger partial charge in [0.15, 0.2) is 6.29 Å². The van der Waals surface area contributed by atoms with Crippen LogP contribution >= 0.6 is 0 Å². The number of esters is 1. The van der Waals surface area contributed by atoms with Crippen LogP contribution in [0.2, 0.25) is 0 Å². The fourth-order valence-electron chi connectivity index (χ4n) is 5.07. The molecule has 1 unspecified atom stereocenters. The zero-order chi connectivity index (χ0) is 30.4. The molecule has 0 spiro atoms. The van der Waals surface area contributed by atoms with Crippen molar-refractivity contribution in [2.24, 2.45) is 11.8 Å². The molecule has 2 rings (SSSR count). The maximum Gasteiger partial charge on any atom is 0.340 e. The van der Waals surface area contributed by atoms with Crippen molar-refractivity contribution in [3.63, 3.8) is 0 Å². The lowest BCUT2D eigenvalue weighted by atomic mass is 9.83. The van der Waals surface area contributed by atoms with Crippen LogP contribution in [0.25, 0.3) is 0 Å². The number of benzene rings is 1. The van der Waals surface area contributed by atoms with E-state index in [4.69, 9.17) is 23.7 Å². The van der Waals surface area contributed by atoms with Gasteiger partial charge in [-0.25, -0.2) is 4.79 Å². The Hall–Kier alpha value is -2.90. The van der Waals surface area contributed by atoms with Gasteiger partial charge < -0.3 is 23.7 Å². The Kier molecular flexibility index (Phi) is 18.3. The third-order valence-corrected chi connectivity index (χ3v) is 7.57. The van der Waals surface area contributed by atoms with Crippen LogP contribution in [0, 0.1) is 11.8 Å². The second-order valence-electron chi connectivity index (χ2n) is 11.4. The summed E-state index contributed by atoms with van der Waals surface area (Å²) in [5.41, 5.74) is 2.13. The molecule has 0 radical (unpaired) electrons. The van der Waals surface area contributed by atoms with Crippen molar-refractivity contribution in [2.45, 2.75) is 97.0 Å². The first-order valence-corrected chi connectivity index (χ1v) is 15.6. The molecule has 0 saturated heterocycles. The van der Waals surface area contributed by atoms with Crippen molar-refractivity contribution < 1.29 is 33.3 Å². The highest BCUT2D eigenvalue weighted by Gasteiger charge is 2.22. The van der Waals surface area contributed by atoms with Gasteiger partial charge in [0.25, 0.3) is 0 Å². The van der Waals surface area contributed by atoms with Gasteiger partial charge in [-0.3, -0.25) is 4.79 Å². The second kappa shape index (κ2) is 21.8. The van der Waals surface area contributed by atoms with E-state index in [1.165, 1.54) is 24.8 Å². The molecule has 1 aromatic carbocycles. The van der Waals surface area contributed by atoms with Crippen molar-refractivity contribution in [1.29, 1.82) is 0 Å². The van der Waals surface area contributed by atoms with E-state index in [1.807, 2.05) is 19.1 Å². The van der Waals surface area contributed by atoms with Crippen molar-refractivity contribution in [3.05, 3.63) is 66.7 Å². The molecule has 0 N–H and O–H groups in total. The molecule has 7 nitrogen and oxygen atoms in total. The molecule has 1 aromatic rings. The molecular formula is C35H52O7. The standard InChI is InChI=1S/C35H52O7/c1-5-6-7-9-30-12-16-33(17-13-30)40-22-23-41-34-18-14-31(15-19-34)10-8-11-32(26-39-27-38-25-28(2)3)20-21-42-35(37)29(4)24-36/h12-13,16-17,22-24,31-32,34H,2,4-11,14-15,18-21,25-27H2,1,3H3/b23-22-. The molecule has 1 atom stereocenters. The Balaban J connectivity index is 1.64. The normalized spacial score (nSPS) is 17.5. The van der Waals surface area contributed by atoms with Gasteiger partial charge >= 0.3 is 5.97 Å². The van der Waals surface area contributed by atoms with Gasteiger partial charge in [0, 0.05) is 0 Å². The second-order valence-corrected chi connectivity index (χ2v) is 11.4. The fourth-order valence-corrected chi connectivity index (χ4v) is 5.07. The molecule has 0 amide bonds. The summed E-state index contributed by atoms with van der Waals surface area (Å²) in [6, 6.07) is 8.31. The van der Waals surface area contributed by atoms with E-state index in [9.17, 15) is 9.59 Å². The summed E-state index contributed by atoms with van der Waals surface area (Å²) in [7, 11) is 0. The van der Waals surface area contributed by atoms with Crippen molar-refractivity contribution >= 4 is 12.3 Å². The molecule has 42 heavy (non-hydrogen) atoms. The minimum Gasteiger partial charge on any atom is -0.495 e. The first kappa shape index (κ1) is 35.3. The summed E-state index contributed by atoms with van der Waals surface area (Å²) < 4.78 is 28.0. The first-order chi connectivity index (χ1) is 20.4. The van der Waals surface area contributed by atoms with E-state index in [0.717, 1.165) is 62.7 Å². The van der Waals surface area contributed by atoms with E-state index in [2.05, 4.69) is 32.2 Å². The van der Waals surface area contributed by atoms with Gasteiger partial charge in [0.05, 0.1) is 31.5 Å². The van der Waals surface area contributed by atoms with Crippen LogP contribution < -0.4 is 4.74 Å². The van der Waals surface area contributed by atoms with Crippen molar-refractivity contribution in [2.75, 3.05) is 26.6 Å². The summed E-state index contributed by atoms with van der Waals surface area (Å²) in [6.07, 6.45) is 17.1. The van der Waals surface area contributed by atoms with Gasteiger partial charge in [-0.15, -0.1) is 0 Å². The molecule has 1 fully saturated rings. The minimum atomic E-state index is -0.665. The zero-order valence-corrected chi connectivity index (χ0v) is 25.9. The topological polar surface area (TPSA) is 80.3 Å². The van der Waals surface area contributed by atoms with Crippen LogP contribution in [-0.2, 0) is 35.0 Å². The van der Waals surface area contributed by atoms with Crippen LogP contribution in [0.3, 0.4) is 0 Å². The largest absolute Gasteiger partial charge is 0.495 e. The Labute approximate surface area is 253 Å². The SMILES string of the molecule is C=C(C)COCOCC(CCCC1CCC(O/C=C\Oc2ccc(CCCCC)cc2)CC1)CCOC(=O)C(=C)C=O. The molecule has 1 saturated carbocycles. The summed E-state index contributed by atoms with van der Waals surface area (Å²) in [5, 5.41) is 0. The van der Waals surface area contributed by atoms with E-state index < -0.39 is 5.97 Å². The van der Waals surface area contributed by atoms with Crippen LogP contribution in [-0.4, -0.2) is 45.0 Å². The Morgan fingerprint density at radius 3 is 2.45 bits per heavy atom. The smallest absolute Gasteiger partial charge is 0.340 e. The summed E-state index contributed by atoms with van der Waals surface area (Å²) in [4.78, 5) is 22.4. The van der Waals surface area contributed by atoms with Gasteiger partial charge in [-0.2, -0.15) is 0 Å². The molecule has 1 aliphatic carbocycles. The Morgan fingerprint density at radius 1 is 1.00 bits per heavy atom. The number of rotatable bonds is 23. The molecular weight excluding hydrogens is 532 g/mol. The number of aldehydes is 1. The monoisotopic (exact) mass is 584 g/mol. The van der Waals surface area contributed by atoms with Crippen LogP contribution in [0.4, 0.5) is 0 Å². The molecule has 0 bridgehead atoms. The van der Waals surface area contributed by atoms with Gasteiger partial charge in [-0.05, 0) is 87.8 Å². The average molecular weight is 585 g/mol. The number of carbonyl (C=O) groups is 2. The molecule has 0 aromatic heterocycles. The lowest BCUT2D eigenvalue weighted by molar-refractivity contribution is -0.140. The molecule has 7 heteroatoms. The molecule has 234 valence electrons. The van der Waals surface area contributed by atoms with Crippen molar-refractivity contribution in [1.82, 2.24) is 0 Å².